The molecule has 4 nitrogen and oxygen atoms in total. The molecule has 1 aromatic carbocycles. The first kappa shape index (κ1) is 19.0. The van der Waals surface area contributed by atoms with Crippen LogP contribution in [0.2, 0.25) is 0 Å². The third kappa shape index (κ3) is 3.28. The van der Waals surface area contributed by atoms with E-state index in [-0.39, 0.29) is 24.9 Å². The summed E-state index contributed by atoms with van der Waals surface area (Å²) in [4.78, 5) is 13.6. The van der Waals surface area contributed by atoms with Crippen molar-refractivity contribution in [1.82, 2.24) is 4.90 Å². The van der Waals surface area contributed by atoms with Crippen molar-refractivity contribution in [2.24, 2.45) is 0 Å². The van der Waals surface area contributed by atoms with E-state index in [0.717, 1.165) is 0 Å². The maximum Gasteiger partial charge on any atom is 0.411 e. The highest BCUT2D eigenvalue weighted by Crippen LogP contribution is 2.39. The minimum atomic E-state index is -2.24. The van der Waals surface area contributed by atoms with Crippen molar-refractivity contribution < 1.29 is 36.2 Å². The Morgan fingerprint density at radius 3 is 1.92 bits per heavy atom. The Labute approximate surface area is 150 Å². The summed E-state index contributed by atoms with van der Waals surface area (Å²) < 4.78 is 77.3. The zero-order chi connectivity index (χ0) is 19.2. The van der Waals surface area contributed by atoms with Gasteiger partial charge in [0.25, 0.3) is 0 Å². The molecule has 1 amide bonds. The number of piperidine rings is 1. The monoisotopic (exact) mass is 399 g/mol. The summed E-state index contributed by atoms with van der Waals surface area (Å²) in [6.45, 7) is 1.49. The van der Waals surface area contributed by atoms with Gasteiger partial charge >= 0.3 is 6.09 Å². The molecular formula is C16H15ClF5NO3. The SMILES string of the molecule is CC(Cl)OC(=O)N1[C@@H]2CC[C@H]1C[C@H](Oc1c(F)c(F)c(F)c(F)c1F)C2. The Morgan fingerprint density at radius 1 is 1.00 bits per heavy atom. The van der Waals surface area contributed by atoms with Crippen LogP contribution < -0.4 is 4.74 Å². The summed E-state index contributed by atoms with van der Waals surface area (Å²) in [5.41, 5.74) is -0.816. The molecule has 0 radical (unpaired) electrons. The van der Waals surface area contributed by atoms with E-state index in [0.29, 0.717) is 12.8 Å². The summed E-state index contributed by atoms with van der Waals surface area (Å²) in [6, 6.07) is -0.633. The normalized spacial score (nSPS) is 26.0. The minimum absolute atomic E-state index is 0.182. The zero-order valence-corrected chi connectivity index (χ0v) is 14.3. The topological polar surface area (TPSA) is 38.8 Å². The third-order valence-electron chi connectivity index (χ3n) is 4.62. The van der Waals surface area contributed by atoms with Gasteiger partial charge in [0.2, 0.25) is 29.1 Å². The van der Waals surface area contributed by atoms with Gasteiger partial charge < -0.3 is 14.4 Å². The lowest BCUT2D eigenvalue weighted by atomic mass is 10.00. The largest absolute Gasteiger partial charge is 0.484 e. The maximum atomic E-state index is 13.8. The molecule has 2 aliphatic rings. The van der Waals surface area contributed by atoms with Crippen LogP contribution in [0.3, 0.4) is 0 Å². The number of benzene rings is 1. The number of nitrogens with zero attached hydrogens (tertiary/aromatic N) is 1. The van der Waals surface area contributed by atoms with Crippen LogP contribution >= 0.6 is 11.6 Å². The van der Waals surface area contributed by atoms with Gasteiger partial charge in [0.05, 0.1) is 0 Å². The Morgan fingerprint density at radius 2 is 1.46 bits per heavy atom. The molecule has 3 rings (SSSR count). The molecule has 2 aliphatic heterocycles. The number of alkyl halides is 1. The number of hydrogen-bond donors (Lipinski definition) is 0. The summed E-state index contributed by atoms with van der Waals surface area (Å²) in [5, 5.41) is 0. The quantitative estimate of drug-likeness (QED) is 0.325. The van der Waals surface area contributed by atoms with Gasteiger partial charge in [0.15, 0.2) is 11.3 Å². The molecule has 1 aromatic rings. The second kappa shape index (κ2) is 7.09. The first-order chi connectivity index (χ1) is 12.2. The Bertz CT molecular complexity index is 689. The molecule has 144 valence electrons. The number of amides is 1. The van der Waals surface area contributed by atoms with Crippen molar-refractivity contribution in [2.75, 3.05) is 0 Å². The molecule has 2 heterocycles. The van der Waals surface area contributed by atoms with Crippen molar-refractivity contribution in [3.63, 3.8) is 0 Å². The standard InChI is InChI=1S/C16H15ClF5NO3/c1-6(17)25-16(24)23-7-2-3-8(23)5-9(4-7)26-15-13(21)11(19)10(18)12(20)14(15)22/h6-9H,2-5H2,1H3/t6?,7-,8+,9-. The fourth-order valence-electron chi connectivity index (χ4n) is 3.58. The van der Waals surface area contributed by atoms with Crippen LogP contribution in [-0.4, -0.2) is 34.7 Å². The van der Waals surface area contributed by atoms with Gasteiger partial charge in [0, 0.05) is 24.9 Å². The fraction of sp³-hybridized carbons (Fsp3) is 0.562. The van der Waals surface area contributed by atoms with Crippen LogP contribution in [0.1, 0.15) is 32.6 Å². The summed E-state index contributed by atoms with van der Waals surface area (Å²) in [6.07, 6.45) is 0.206. The number of fused-ring (bicyclic) bond motifs is 2. The predicted octanol–water partition coefficient (Wildman–Crippen LogP) is 4.48. The summed E-state index contributed by atoms with van der Waals surface area (Å²) in [7, 11) is 0. The first-order valence-electron chi connectivity index (χ1n) is 8.01. The lowest BCUT2D eigenvalue weighted by molar-refractivity contribution is 0.0274. The second-order valence-electron chi connectivity index (χ2n) is 6.33. The molecule has 0 aromatic heterocycles. The molecule has 2 saturated heterocycles. The molecule has 1 unspecified atom stereocenters. The van der Waals surface area contributed by atoms with E-state index in [2.05, 4.69) is 0 Å². The van der Waals surface area contributed by atoms with Gasteiger partial charge in [0.1, 0.15) is 6.10 Å². The molecule has 10 heteroatoms. The number of halogens is 6. The molecule has 0 aliphatic carbocycles. The number of ether oxygens (including phenoxy) is 2. The van der Waals surface area contributed by atoms with Crippen LogP contribution in [0.4, 0.5) is 26.7 Å². The number of rotatable bonds is 3. The lowest BCUT2D eigenvalue weighted by Crippen LogP contribution is -2.49. The van der Waals surface area contributed by atoms with Crippen molar-refractivity contribution in [3.05, 3.63) is 29.1 Å². The lowest BCUT2D eigenvalue weighted by Gasteiger charge is -2.38. The molecule has 0 N–H and O–H groups in total. The van der Waals surface area contributed by atoms with Crippen molar-refractivity contribution >= 4 is 17.7 Å². The molecule has 2 bridgehead atoms. The number of carbonyl (C=O) groups excluding carboxylic acids is 1. The molecule has 0 saturated carbocycles. The Hall–Kier alpha value is -1.77. The van der Waals surface area contributed by atoms with Gasteiger partial charge in [-0.15, -0.1) is 0 Å². The van der Waals surface area contributed by atoms with E-state index in [1.54, 1.807) is 0 Å². The molecule has 2 fully saturated rings. The predicted molar refractivity (Wildman–Crippen MR) is 80.3 cm³/mol. The first-order valence-corrected chi connectivity index (χ1v) is 8.45. The molecule has 0 spiro atoms. The van der Waals surface area contributed by atoms with Crippen LogP contribution in [0.25, 0.3) is 0 Å². The van der Waals surface area contributed by atoms with Crippen molar-refractivity contribution in [1.29, 1.82) is 0 Å². The van der Waals surface area contributed by atoms with E-state index >= 15 is 0 Å². The minimum Gasteiger partial charge on any atom is -0.484 e. The van der Waals surface area contributed by atoms with Crippen molar-refractivity contribution in [2.45, 2.75) is 56.4 Å². The highest BCUT2D eigenvalue weighted by Gasteiger charge is 2.45. The molecular weight excluding hydrogens is 385 g/mol. The van der Waals surface area contributed by atoms with Gasteiger partial charge in [-0.3, -0.25) is 0 Å². The summed E-state index contributed by atoms with van der Waals surface area (Å²) >= 11 is 5.64. The maximum absolute atomic E-state index is 13.8. The van der Waals surface area contributed by atoms with Gasteiger partial charge in [-0.1, -0.05) is 11.6 Å². The van der Waals surface area contributed by atoms with E-state index < -0.39 is 52.6 Å². The third-order valence-corrected chi connectivity index (χ3v) is 4.71. The zero-order valence-electron chi connectivity index (χ0n) is 13.6. The molecule has 4 atom stereocenters. The Kier molecular flexibility index (Phi) is 5.18. The fourth-order valence-corrected chi connectivity index (χ4v) is 3.65. The number of hydrogen-bond acceptors (Lipinski definition) is 3. The van der Waals surface area contributed by atoms with E-state index in [1.807, 2.05) is 0 Å². The van der Waals surface area contributed by atoms with Crippen molar-refractivity contribution in [3.8, 4) is 5.75 Å². The van der Waals surface area contributed by atoms with E-state index in [9.17, 15) is 26.7 Å². The Balaban J connectivity index is 1.76. The van der Waals surface area contributed by atoms with Gasteiger partial charge in [-0.25, -0.2) is 18.0 Å². The number of carbonyl (C=O) groups is 1. The average Bonchev–Trinajstić information content (AvgIpc) is 2.86. The highest BCUT2D eigenvalue weighted by atomic mass is 35.5. The average molecular weight is 400 g/mol. The van der Waals surface area contributed by atoms with E-state index in [1.165, 1.54) is 11.8 Å². The van der Waals surface area contributed by atoms with Crippen LogP contribution in [0.5, 0.6) is 5.75 Å². The second-order valence-corrected chi connectivity index (χ2v) is 6.94. The van der Waals surface area contributed by atoms with Gasteiger partial charge in [-0.2, -0.15) is 8.78 Å². The van der Waals surface area contributed by atoms with Crippen LogP contribution in [0, 0.1) is 29.1 Å². The van der Waals surface area contributed by atoms with Crippen LogP contribution in [0.15, 0.2) is 0 Å². The smallest absolute Gasteiger partial charge is 0.411 e. The van der Waals surface area contributed by atoms with E-state index in [4.69, 9.17) is 21.1 Å². The highest BCUT2D eigenvalue weighted by molar-refractivity contribution is 6.19. The van der Waals surface area contributed by atoms with Crippen LogP contribution in [-0.2, 0) is 4.74 Å². The molecule has 26 heavy (non-hydrogen) atoms. The summed E-state index contributed by atoms with van der Waals surface area (Å²) in [5.74, 6) is -11.7. The van der Waals surface area contributed by atoms with Gasteiger partial charge in [-0.05, 0) is 19.8 Å².